The number of nitrogens with zero attached hydrogens (tertiary/aromatic N) is 1. The summed E-state index contributed by atoms with van der Waals surface area (Å²) in [6.45, 7) is 4.06. The fraction of sp³-hybridized carbons (Fsp3) is 0.214. The molecule has 0 aromatic heterocycles. The van der Waals surface area contributed by atoms with Crippen LogP contribution in [0.1, 0.15) is 5.56 Å². The van der Waals surface area contributed by atoms with E-state index >= 15 is 0 Å². The van der Waals surface area contributed by atoms with E-state index in [-0.39, 0.29) is 24.9 Å². The summed E-state index contributed by atoms with van der Waals surface area (Å²) in [4.78, 5) is 13.2. The molecule has 18 heavy (non-hydrogen) atoms. The lowest BCUT2D eigenvalue weighted by Crippen LogP contribution is -2.32. The average Bonchev–Trinajstić information content (AvgIpc) is 2.36. The number of aliphatic hydroxyl groups excluding tert-OH is 1. The van der Waals surface area contributed by atoms with Gasteiger partial charge in [-0.1, -0.05) is 18.2 Å². The van der Waals surface area contributed by atoms with Crippen LogP contribution in [0.5, 0.6) is 0 Å². The van der Waals surface area contributed by atoms with Crippen molar-refractivity contribution in [1.82, 2.24) is 4.90 Å². The minimum Gasteiger partial charge on any atom is -0.395 e. The molecule has 1 rings (SSSR count). The van der Waals surface area contributed by atoms with Crippen LogP contribution in [0.15, 0.2) is 43.0 Å². The van der Waals surface area contributed by atoms with Gasteiger partial charge in [-0.2, -0.15) is 0 Å². The normalized spacial score (nSPS) is 10.6. The molecule has 0 saturated carbocycles. The Morgan fingerprint density at radius 3 is 2.89 bits per heavy atom. The zero-order valence-corrected chi connectivity index (χ0v) is 10.1. The Bertz CT molecular complexity index is 443. The third-order valence-electron chi connectivity index (χ3n) is 2.30. The molecule has 0 unspecified atom stereocenters. The van der Waals surface area contributed by atoms with E-state index < -0.39 is 0 Å². The maximum atomic E-state index is 12.9. The van der Waals surface area contributed by atoms with Gasteiger partial charge in [-0.05, 0) is 23.8 Å². The summed E-state index contributed by atoms with van der Waals surface area (Å²) in [5.74, 6) is -0.587. The SMILES string of the molecule is C=CCN(CCO)C(=O)/C=C/c1cccc(F)c1. The largest absolute Gasteiger partial charge is 0.395 e. The fourth-order valence-electron chi connectivity index (χ4n) is 1.45. The molecule has 96 valence electrons. The van der Waals surface area contributed by atoms with E-state index in [1.165, 1.54) is 23.1 Å². The predicted molar refractivity (Wildman–Crippen MR) is 69.3 cm³/mol. The van der Waals surface area contributed by atoms with E-state index in [2.05, 4.69) is 6.58 Å². The lowest BCUT2D eigenvalue weighted by Gasteiger charge is -2.17. The number of aliphatic hydroxyl groups is 1. The number of carbonyl (C=O) groups excluding carboxylic acids is 1. The van der Waals surface area contributed by atoms with Crippen molar-refractivity contribution in [1.29, 1.82) is 0 Å². The first-order valence-corrected chi connectivity index (χ1v) is 5.61. The first-order chi connectivity index (χ1) is 8.67. The molecule has 1 amide bonds. The van der Waals surface area contributed by atoms with E-state index in [4.69, 9.17) is 5.11 Å². The highest BCUT2D eigenvalue weighted by Crippen LogP contribution is 2.06. The van der Waals surface area contributed by atoms with Gasteiger partial charge in [0.25, 0.3) is 0 Å². The highest BCUT2D eigenvalue weighted by Gasteiger charge is 2.07. The molecular formula is C14H16FNO2. The molecule has 3 nitrogen and oxygen atoms in total. The molecule has 0 fully saturated rings. The summed E-state index contributed by atoms with van der Waals surface area (Å²) >= 11 is 0. The van der Waals surface area contributed by atoms with Gasteiger partial charge in [0.1, 0.15) is 5.82 Å². The molecular weight excluding hydrogens is 233 g/mol. The van der Waals surface area contributed by atoms with Gasteiger partial charge in [0.05, 0.1) is 6.61 Å². The van der Waals surface area contributed by atoms with Crippen LogP contribution in [0.4, 0.5) is 4.39 Å². The Morgan fingerprint density at radius 2 is 2.28 bits per heavy atom. The van der Waals surface area contributed by atoms with E-state index in [0.717, 1.165) is 0 Å². The Morgan fingerprint density at radius 1 is 1.50 bits per heavy atom. The van der Waals surface area contributed by atoms with Crippen LogP contribution in [0.3, 0.4) is 0 Å². The number of hydrogen-bond donors (Lipinski definition) is 1. The Kier molecular flexibility index (Phi) is 5.80. The van der Waals surface area contributed by atoms with Crippen LogP contribution in [0.2, 0.25) is 0 Å². The third kappa shape index (κ3) is 4.51. The van der Waals surface area contributed by atoms with Crippen LogP contribution in [-0.2, 0) is 4.79 Å². The van der Waals surface area contributed by atoms with Crippen LogP contribution in [-0.4, -0.2) is 35.6 Å². The van der Waals surface area contributed by atoms with Crippen molar-refractivity contribution >= 4 is 12.0 Å². The zero-order valence-electron chi connectivity index (χ0n) is 10.1. The molecule has 0 spiro atoms. The summed E-state index contributed by atoms with van der Waals surface area (Å²) < 4.78 is 12.9. The van der Waals surface area contributed by atoms with Crippen LogP contribution in [0, 0.1) is 5.82 Å². The van der Waals surface area contributed by atoms with Crippen molar-refractivity contribution < 1.29 is 14.3 Å². The van der Waals surface area contributed by atoms with Gasteiger partial charge in [0.2, 0.25) is 5.91 Å². The summed E-state index contributed by atoms with van der Waals surface area (Å²) in [7, 11) is 0. The lowest BCUT2D eigenvalue weighted by atomic mass is 10.2. The number of carbonyl (C=O) groups is 1. The predicted octanol–water partition coefficient (Wildman–Crippen LogP) is 1.85. The van der Waals surface area contributed by atoms with E-state index in [0.29, 0.717) is 12.1 Å². The molecule has 1 aromatic carbocycles. The Balaban J connectivity index is 2.69. The molecule has 4 heteroatoms. The van der Waals surface area contributed by atoms with Crippen LogP contribution >= 0.6 is 0 Å². The first kappa shape index (κ1) is 14.1. The minimum absolute atomic E-state index is 0.104. The van der Waals surface area contributed by atoms with Crippen LogP contribution in [0.25, 0.3) is 6.08 Å². The van der Waals surface area contributed by atoms with Crippen molar-refractivity contribution in [3.8, 4) is 0 Å². The van der Waals surface area contributed by atoms with E-state index in [9.17, 15) is 9.18 Å². The van der Waals surface area contributed by atoms with Crippen LogP contribution < -0.4 is 0 Å². The van der Waals surface area contributed by atoms with Crippen molar-refractivity contribution in [2.75, 3.05) is 19.7 Å². The molecule has 1 aromatic rings. The monoisotopic (exact) mass is 249 g/mol. The topological polar surface area (TPSA) is 40.5 Å². The maximum Gasteiger partial charge on any atom is 0.246 e. The van der Waals surface area contributed by atoms with Crippen molar-refractivity contribution in [3.05, 3.63) is 54.4 Å². The van der Waals surface area contributed by atoms with Gasteiger partial charge in [-0.3, -0.25) is 4.79 Å². The first-order valence-electron chi connectivity index (χ1n) is 5.61. The number of rotatable bonds is 6. The average molecular weight is 249 g/mol. The minimum atomic E-state index is -0.345. The number of amides is 1. The fourth-order valence-corrected chi connectivity index (χ4v) is 1.45. The van der Waals surface area contributed by atoms with E-state index in [1.807, 2.05) is 0 Å². The van der Waals surface area contributed by atoms with E-state index in [1.54, 1.807) is 24.3 Å². The maximum absolute atomic E-state index is 12.9. The van der Waals surface area contributed by atoms with Gasteiger partial charge in [0.15, 0.2) is 0 Å². The second-order valence-electron chi connectivity index (χ2n) is 3.68. The number of hydrogen-bond acceptors (Lipinski definition) is 2. The standard InChI is InChI=1S/C14H16FNO2/c1-2-8-16(9-10-17)14(18)7-6-12-4-3-5-13(15)11-12/h2-7,11,17H,1,8-10H2/b7-6+. The molecule has 0 saturated heterocycles. The molecule has 0 radical (unpaired) electrons. The van der Waals surface area contributed by atoms with Gasteiger partial charge >= 0.3 is 0 Å². The number of halogens is 1. The van der Waals surface area contributed by atoms with Gasteiger partial charge in [0, 0.05) is 19.2 Å². The molecule has 0 aliphatic rings. The van der Waals surface area contributed by atoms with Crippen molar-refractivity contribution in [3.63, 3.8) is 0 Å². The van der Waals surface area contributed by atoms with Gasteiger partial charge < -0.3 is 10.0 Å². The quantitative estimate of drug-likeness (QED) is 0.617. The van der Waals surface area contributed by atoms with Crippen molar-refractivity contribution in [2.45, 2.75) is 0 Å². The molecule has 1 N–H and O–H groups in total. The smallest absolute Gasteiger partial charge is 0.246 e. The highest BCUT2D eigenvalue weighted by molar-refractivity contribution is 5.91. The number of benzene rings is 1. The van der Waals surface area contributed by atoms with Crippen molar-refractivity contribution in [2.24, 2.45) is 0 Å². The van der Waals surface area contributed by atoms with Gasteiger partial charge in [-0.15, -0.1) is 6.58 Å². The summed E-state index contributed by atoms with van der Waals surface area (Å²) in [5, 5.41) is 8.83. The molecule has 0 aliphatic carbocycles. The molecule has 0 heterocycles. The lowest BCUT2D eigenvalue weighted by molar-refractivity contribution is -0.125. The molecule has 0 aliphatic heterocycles. The molecule has 0 bridgehead atoms. The Hall–Kier alpha value is -1.94. The molecule has 0 atom stereocenters. The zero-order chi connectivity index (χ0) is 13.4. The summed E-state index contributed by atoms with van der Waals surface area (Å²) in [6, 6.07) is 5.97. The summed E-state index contributed by atoms with van der Waals surface area (Å²) in [5.41, 5.74) is 0.617. The second kappa shape index (κ2) is 7.40. The second-order valence-corrected chi connectivity index (χ2v) is 3.68. The third-order valence-corrected chi connectivity index (χ3v) is 2.30. The Labute approximate surface area is 106 Å². The summed E-state index contributed by atoms with van der Waals surface area (Å²) in [6.07, 6.45) is 4.48. The highest BCUT2D eigenvalue weighted by atomic mass is 19.1. The van der Waals surface area contributed by atoms with Gasteiger partial charge in [-0.25, -0.2) is 4.39 Å².